The number of benzene rings is 2. The molecule has 0 unspecified atom stereocenters. The molecule has 1 N–H and O–H groups in total. The lowest BCUT2D eigenvalue weighted by Crippen LogP contribution is -2.46. The van der Waals surface area contributed by atoms with Crippen LogP contribution in [0.1, 0.15) is 13.3 Å². The number of hydrogen-bond donors (Lipinski definition) is 1. The molecule has 0 amide bonds. The van der Waals surface area contributed by atoms with Gasteiger partial charge in [0.05, 0.1) is 12.6 Å². The number of aryl methyl sites for hydroxylation is 1. The molecule has 0 bridgehead atoms. The molecule has 33 heavy (non-hydrogen) atoms. The highest BCUT2D eigenvalue weighted by Crippen LogP contribution is 2.26. The van der Waals surface area contributed by atoms with Gasteiger partial charge in [-0.1, -0.05) is 18.2 Å². The van der Waals surface area contributed by atoms with Crippen LogP contribution in [0, 0.1) is 0 Å². The maximum absolute atomic E-state index is 5.26. The van der Waals surface area contributed by atoms with Crippen molar-refractivity contribution in [2.45, 2.75) is 19.9 Å². The van der Waals surface area contributed by atoms with E-state index in [9.17, 15) is 0 Å². The van der Waals surface area contributed by atoms with Crippen LogP contribution in [0.3, 0.4) is 0 Å². The zero-order valence-electron chi connectivity index (χ0n) is 19.4. The van der Waals surface area contributed by atoms with E-state index < -0.39 is 0 Å². The fourth-order valence-corrected chi connectivity index (χ4v) is 4.62. The fourth-order valence-electron chi connectivity index (χ4n) is 4.62. The summed E-state index contributed by atoms with van der Waals surface area (Å²) in [5.41, 5.74) is 4.18. The summed E-state index contributed by atoms with van der Waals surface area (Å²) in [5.74, 6) is 1.50. The number of methoxy groups -OCH3 is 1. The summed E-state index contributed by atoms with van der Waals surface area (Å²) in [5, 5.41) is 13.3. The summed E-state index contributed by atoms with van der Waals surface area (Å²) in [4.78, 5) is 9.74. The Morgan fingerprint density at radius 1 is 0.970 bits per heavy atom. The average Bonchev–Trinajstić information content (AvgIpc) is 3.20. The van der Waals surface area contributed by atoms with Crippen molar-refractivity contribution < 1.29 is 4.74 Å². The first-order valence-electron chi connectivity index (χ1n) is 11.7. The molecule has 5 rings (SSSR count). The lowest BCUT2D eigenvalue weighted by Gasteiger charge is -2.36. The van der Waals surface area contributed by atoms with Gasteiger partial charge in [0, 0.05) is 50.3 Å². The van der Waals surface area contributed by atoms with Crippen molar-refractivity contribution in [3.8, 4) is 5.75 Å². The van der Waals surface area contributed by atoms with Crippen LogP contribution in [-0.2, 0) is 6.54 Å². The van der Waals surface area contributed by atoms with Crippen molar-refractivity contribution in [3.05, 3.63) is 48.5 Å². The second-order valence-electron chi connectivity index (χ2n) is 8.38. The third kappa shape index (κ3) is 4.43. The van der Waals surface area contributed by atoms with Gasteiger partial charge in [0.2, 0.25) is 5.95 Å². The lowest BCUT2D eigenvalue weighted by atomic mass is 10.2. The van der Waals surface area contributed by atoms with E-state index in [0.29, 0.717) is 5.95 Å². The van der Waals surface area contributed by atoms with Gasteiger partial charge in [0.15, 0.2) is 5.65 Å². The second-order valence-corrected chi connectivity index (χ2v) is 8.38. The number of aromatic nitrogens is 4. The SMILES string of the molecule is CCn1c2ccccc2c2nnc(NCCCN3CCN(c4ccc(OC)cc4)CC3)nc21. The Labute approximate surface area is 194 Å². The second kappa shape index (κ2) is 9.62. The van der Waals surface area contributed by atoms with Gasteiger partial charge >= 0.3 is 0 Å². The number of hydrogen-bond acceptors (Lipinski definition) is 7. The van der Waals surface area contributed by atoms with Crippen molar-refractivity contribution >= 4 is 33.7 Å². The Balaban J connectivity index is 1.12. The van der Waals surface area contributed by atoms with E-state index in [2.05, 4.69) is 67.1 Å². The molecule has 2 aromatic heterocycles. The summed E-state index contributed by atoms with van der Waals surface area (Å²) in [7, 11) is 1.70. The zero-order valence-corrected chi connectivity index (χ0v) is 19.4. The molecule has 0 atom stereocenters. The Bertz CT molecular complexity index is 1210. The molecule has 2 aromatic carbocycles. The maximum atomic E-state index is 5.26. The smallest absolute Gasteiger partial charge is 0.244 e. The molecule has 0 spiro atoms. The number of fused-ring (bicyclic) bond motifs is 3. The minimum Gasteiger partial charge on any atom is -0.497 e. The van der Waals surface area contributed by atoms with E-state index in [1.165, 1.54) is 5.69 Å². The van der Waals surface area contributed by atoms with Crippen LogP contribution in [-0.4, -0.2) is 71.0 Å². The molecule has 3 heterocycles. The first-order valence-corrected chi connectivity index (χ1v) is 11.7. The predicted molar refractivity (Wildman–Crippen MR) is 133 cm³/mol. The fraction of sp³-hybridized carbons (Fsp3) is 0.400. The molecule has 0 aliphatic carbocycles. The average molecular weight is 446 g/mol. The Morgan fingerprint density at radius 2 is 1.76 bits per heavy atom. The van der Waals surface area contributed by atoms with Gasteiger partial charge < -0.3 is 19.5 Å². The first-order chi connectivity index (χ1) is 16.3. The normalized spacial score (nSPS) is 14.8. The highest BCUT2D eigenvalue weighted by atomic mass is 16.5. The van der Waals surface area contributed by atoms with E-state index in [1.807, 2.05) is 18.2 Å². The number of anilines is 2. The Kier molecular flexibility index (Phi) is 6.26. The van der Waals surface area contributed by atoms with Crippen LogP contribution >= 0.6 is 0 Å². The number of nitrogens with zero attached hydrogens (tertiary/aromatic N) is 6. The van der Waals surface area contributed by atoms with Gasteiger partial charge in [-0.25, -0.2) is 0 Å². The highest BCUT2D eigenvalue weighted by molar-refractivity contribution is 6.04. The van der Waals surface area contributed by atoms with Crippen LogP contribution in [0.15, 0.2) is 48.5 Å². The van der Waals surface area contributed by atoms with Crippen LogP contribution in [0.2, 0.25) is 0 Å². The van der Waals surface area contributed by atoms with Crippen LogP contribution < -0.4 is 15.0 Å². The molecular weight excluding hydrogens is 414 g/mol. The summed E-state index contributed by atoms with van der Waals surface area (Å²) >= 11 is 0. The van der Waals surface area contributed by atoms with Crippen molar-refractivity contribution in [2.24, 2.45) is 0 Å². The number of ether oxygens (including phenoxy) is 1. The van der Waals surface area contributed by atoms with Crippen molar-refractivity contribution in [1.82, 2.24) is 24.6 Å². The van der Waals surface area contributed by atoms with E-state index in [0.717, 1.165) is 80.1 Å². The number of piperazine rings is 1. The number of para-hydroxylation sites is 1. The number of nitrogens with one attached hydrogen (secondary N) is 1. The molecule has 8 heteroatoms. The molecule has 1 fully saturated rings. The molecule has 0 radical (unpaired) electrons. The Morgan fingerprint density at radius 3 is 2.52 bits per heavy atom. The summed E-state index contributed by atoms with van der Waals surface area (Å²) in [6.07, 6.45) is 1.04. The third-order valence-corrected chi connectivity index (χ3v) is 6.43. The lowest BCUT2D eigenvalue weighted by molar-refractivity contribution is 0.257. The van der Waals surface area contributed by atoms with Gasteiger partial charge in [-0.05, 0) is 50.2 Å². The van der Waals surface area contributed by atoms with Gasteiger partial charge in [0.1, 0.15) is 11.3 Å². The van der Waals surface area contributed by atoms with Crippen LogP contribution in [0.4, 0.5) is 11.6 Å². The monoisotopic (exact) mass is 445 g/mol. The molecule has 8 nitrogen and oxygen atoms in total. The van der Waals surface area contributed by atoms with Crippen LogP contribution in [0.25, 0.3) is 22.1 Å². The van der Waals surface area contributed by atoms with E-state index >= 15 is 0 Å². The van der Waals surface area contributed by atoms with Crippen molar-refractivity contribution in [3.63, 3.8) is 0 Å². The molecular formula is C25H31N7O. The maximum Gasteiger partial charge on any atom is 0.244 e. The molecule has 1 saturated heterocycles. The highest BCUT2D eigenvalue weighted by Gasteiger charge is 2.17. The predicted octanol–water partition coefficient (Wildman–Crippen LogP) is 3.63. The summed E-state index contributed by atoms with van der Waals surface area (Å²) in [6, 6.07) is 16.6. The molecule has 0 saturated carbocycles. The summed E-state index contributed by atoms with van der Waals surface area (Å²) in [6.45, 7) is 9.13. The topological polar surface area (TPSA) is 71.3 Å². The van der Waals surface area contributed by atoms with Gasteiger partial charge in [-0.15, -0.1) is 10.2 Å². The summed E-state index contributed by atoms with van der Waals surface area (Å²) < 4.78 is 7.46. The zero-order chi connectivity index (χ0) is 22.6. The van der Waals surface area contributed by atoms with Gasteiger partial charge in [0.25, 0.3) is 0 Å². The minimum atomic E-state index is 0.601. The largest absolute Gasteiger partial charge is 0.497 e. The molecule has 1 aliphatic heterocycles. The molecule has 1 aliphatic rings. The first kappa shape index (κ1) is 21.5. The molecule has 4 aromatic rings. The van der Waals surface area contributed by atoms with Crippen LogP contribution in [0.5, 0.6) is 5.75 Å². The molecule has 172 valence electrons. The third-order valence-electron chi connectivity index (χ3n) is 6.43. The van der Waals surface area contributed by atoms with Gasteiger partial charge in [-0.3, -0.25) is 4.90 Å². The number of rotatable bonds is 8. The van der Waals surface area contributed by atoms with E-state index in [1.54, 1.807) is 7.11 Å². The Hall–Kier alpha value is -3.39. The van der Waals surface area contributed by atoms with Gasteiger partial charge in [-0.2, -0.15) is 4.98 Å². The minimum absolute atomic E-state index is 0.601. The van der Waals surface area contributed by atoms with E-state index in [-0.39, 0.29) is 0 Å². The van der Waals surface area contributed by atoms with E-state index in [4.69, 9.17) is 9.72 Å². The quantitative estimate of drug-likeness (QED) is 0.415. The standard InChI is InChI=1S/C25H31N7O/c1-3-32-22-8-5-4-7-21(22)23-24(32)27-25(29-28-23)26-13-6-14-30-15-17-31(18-16-30)19-9-11-20(33-2)12-10-19/h4-5,7-12H,3,6,13-18H2,1-2H3,(H,26,27,29). The van der Waals surface area contributed by atoms with Crippen molar-refractivity contribution in [1.29, 1.82) is 0 Å². The van der Waals surface area contributed by atoms with Crippen molar-refractivity contribution in [2.75, 3.05) is 56.6 Å².